The number of alkyl halides is 3. The number of nitrogens with zero attached hydrogens (tertiary/aromatic N) is 3. The normalized spacial score (nSPS) is 11.5. The van der Waals surface area contributed by atoms with E-state index in [2.05, 4.69) is 194 Å². The molecule has 0 spiro atoms. The lowest BCUT2D eigenvalue weighted by Gasteiger charge is -2.26. The fourth-order valence-corrected chi connectivity index (χ4v) is 8.01. The van der Waals surface area contributed by atoms with Crippen LogP contribution in [0, 0.1) is 13.8 Å². The van der Waals surface area contributed by atoms with Gasteiger partial charge in [-0.2, -0.15) is 13.2 Å². The molecule has 0 bridgehead atoms. The highest BCUT2D eigenvalue weighted by molar-refractivity contribution is 5.82. The second kappa shape index (κ2) is 19.8. The molecule has 67 heavy (non-hydrogen) atoms. The summed E-state index contributed by atoms with van der Waals surface area (Å²) in [7, 11) is 0. The van der Waals surface area contributed by atoms with Gasteiger partial charge in [-0.25, -0.2) is 0 Å². The standard InChI is InChI=1S/C61H48F3N3/c1-45-13-31-54(32-14-45)65(52-9-5-3-6-10-52)56-35-21-47(22-36-56)17-19-49-25-39-58(40-26-49)67(55-33-15-46(2)16-34-55)59-41-27-50(28-42-59)20-18-48-23-37-57(38-24-48)66(53-11-7-4-8-12-53)60-43-29-51(30-44-60)61(62,63)64/h3-44H,1-2H3/b19-17+,20-18+. The van der Waals surface area contributed by atoms with E-state index in [-0.39, 0.29) is 0 Å². The molecule has 9 aromatic carbocycles. The van der Waals surface area contributed by atoms with E-state index in [1.165, 1.54) is 23.3 Å². The van der Waals surface area contributed by atoms with E-state index in [4.69, 9.17) is 0 Å². The molecule has 0 aliphatic carbocycles. The van der Waals surface area contributed by atoms with Crippen LogP contribution in [0.1, 0.15) is 38.9 Å². The summed E-state index contributed by atoms with van der Waals surface area (Å²) in [4.78, 5) is 6.49. The van der Waals surface area contributed by atoms with Gasteiger partial charge in [-0.1, -0.05) is 145 Å². The van der Waals surface area contributed by atoms with Crippen molar-refractivity contribution in [1.29, 1.82) is 0 Å². The maximum Gasteiger partial charge on any atom is 0.416 e. The maximum atomic E-state index is 13.4. The van der Waals surface area contributed by atoms with Crippen LogP contribution in [0.5, 0.6) is 0 Å². The molecule has 0 amide bonds. The summed E-state index contributed by atoms with van der Waals surface area (Å²) in [5, 5.41) is 0. The second-order valence-corrected chi connectivity index (χ2v) is 16.4. The second-order valence-electron chi connectivity index (χ2n) is 16.4. The predicted molar refractivity (Wildman–Crippen MR) is 276 cm³/mol. The first-order chi connectivity index (χ1) is 32.6. The smallest absolute Gasteiger partial charge is 0.311 e. The van der Waals surface area contributed by atoms with Gasteiger partial charge in [-0.15, -0.1) is 0 Å². The highest BCUT2D eigenvalue weighted by Gasteiger charge is 2.30. The van der Waals surface area contributed by atoms with Crippen LogP contribution < -0.4 is 14.7 Å². The molecule has 9 aromatic rings. The molecule has 0 aromatic heterocycles. The minimum atomic E-state index is -4.40. The van der Waals surface area contributed by atoms with E-state index in [0.29, 0.717) is 5.69 Å². The molecule has 0 atom stereocenters. The summed E-state index contributed by atoms with van der Waals surface area (Å²) in [5.41, 5.74) is 14.8. The van der Waals surface area contributed by atoms with Crippen LogP contribution in [-0.4, -0.2) is 0 Å². The van der Waals surface area contributed by atoms with E-state index in [1.807, 2.05) is 65.6 Å². The topological polar surface area (TPSA) is 9.72 Å². The fraction of sp³-hybridized carbons (Fsp3) is 0.0492. The van der Waals surface area contributed by atoms with Gasteiger partial charge in [-0.05, 0) is 157 Å². The van der Waals surface area contributed by atoms with Crippen molar-refractivity contribution in [1.82, 2.24) is 0 Å². The lowest BCUT2D eigenvalue weighted by molar-refractivity contribution is -0.137. The van der Waals surface area contributed by atoms with Crippen LogP contribution in [0.4, 0.5) is 64.4 Å². The number of anilines is 9. The average molecular weight is 880 g/mol. The Labute approximate surface area is 391 Å². The van der Waals surface area contributed by atoms with Crippen LogP contribution in [-0.2, 0) is 6.18 Å². The zero-order chi connectivity index (χ0) is 46.2. The molecule has 6 heteroatoms. The number of para-hydroxylation sites is 2. The molecule has 0 aliphatic heterocycles. The molecule has 0 aliphatic rings. The number of rotatable bonds is 13. The third kappa shape index (κ3) is 10.6. The summed E-state index contributed by atoms with van der Waals surface area (Å²) in [6.07, 6.45) is 4.04. The quantitative estimate of drug-likeness (QED) is 0.107. The Morgan fingerprint density at radius 2 is 0.478 bits per heavy atom. The van der Waals surface area contributed by atoms with Gasteiger partial charge in [0.2, 0.25) is 0 Å². The van der Waals surface area contributed by atoms with Crippen molar-refractivity contribution in [3.8, 4) is 0 Å². The number of halogens is 3. The van der Waals surface area contributed by atoms with E-state index in [1.54, 1.807) is 0 Å². The largest absolute Gasteiger partial charge is 0.416 e. The fourth-order valence-electron chi connectivity index (χ4n) is 8.01. The van der Waals surface area contributed by atoms with Gasteiger partial charge in [0, 0.05) is 51.2 Å². The predicted octanol–water partition coefficient (Wildman–Crippen LogP) is 18.1. The molecule has 0 saturated carbocycles. The molecule has 9 rings (SSSR count). The molecule has 0 radical (unpaired) electrons. The van der Waals surface area contributed by atoms with Crippen LogP contribution >= 0.6 is 0 Å². The van der Waals surface area contributed by atoms with E-state index in [9.17, 15) is 13.2 Å². The maximum absolute atomic E-state index is 13.4. The van der Waals surface area contributed by atoms with Crippen molar-refractivity contribution >= 4 is 75.5 Å². The first-order valence-electron chi connectivity index (χ1n) is 22.2. The zero-order valence-electron chi connectivity index (χ0n) is 37.2. The van der Waals surface area contributed by atoms with E-state index < -0.39 is 11.7 Å². The van der Waals surface area contributed by atoms with Gasteiger partial charge >= 0.3 is 6.18 Å². The summed E-state index contributed by atoms with van der Waals surface area (Å²) in [5.74, 6) is 0. The van der Waals surface area contributed by atoms with Gasteiger partial charge in [0.1, 0.15) is 0 Å². The van der Waals surface area contributed by atoms with Crippen molar-refractivity contribution in [2.24, 2.45) is 0 Å². The number of hydrogen-bond donors (Lipinski definition) is 0. The third-order valence-corrected chi connectivity index (χ3v) is 11.6. The highest BCUT2D eigenvalue weighted by atomic mass is 19.4. The first kappa shape index (κ1) is 43.9. The molecule has 0 N–H and O–H groups in total. The number of benzene rings is 9. The Bertz CT molecular complexity index is 3050. The average Bonchev–Trinajstić information content (AvgIpc) is 3.36. The Kier molecular flexibility index (Phi) is 13.0. The van der Waals surface area contributed by atoms with Crippen molar-refractivity contribution in [2.75, 3.05) is 14.7 Å². The van der Waals surface area contributed by atoms with Gasteiger partial charge in [0.15, 0.2) is 0 Å². The van der Waals surface area contributed by atoms with Crippen LogP contribution in [0.15, 0.2) is 231 Å². The molecule has 0 heterocycles. The minimum Gasteiger partial charge on any atom is -0.311 e. The molecular formula is C61H48F3N3. The monoisotopic (exact) mass is 879 g/mol. The van der Waals surface area contributed by atoms with Crippen molar-refractivity contribution < 1.29 is 13.2 Å². The Hall–Kier alpha value is -8.35. The minimum absolute atomic E-state index is 0.637. The molecular weight excluding hydrogens is 832 g/mol. The van der Waals surface area contributed by atoms with Gasteiger partial charge in [-0.3, -0.25) is 0 Å². The van der Waals surface area contributed by atoms with Gasteiger partial charge in [0.25, 0.3) is 0 Å². The Morgan fingerprint density at radius 1 is 0.269 bits per heavy atom. The molecule has 0 unspecified atom stereocenters. The van der Waals surface area contributed by atoms with Gasteiger partial charge in [0.05, 0.1) is 5.56 Å². The van der Waals surface area contributed by atoms with Gasteiger partial charge < -0.3 is 14.7 Å². The lowest BCUT2D eigenvalue weighted by Crippen LogP contribution is -2.11. The molecule has 0 fully saturated rings. The number of hydrogen-bond acceptors (Lipinski definition) is 3. The third-order valence-electron chi connectivity index (χ3n) is 11.6. The van der Waals surface area contributed by atoms with E-state index in [0.717, 1.165) is 79.9 Å². The SMILES string of the molecule is Cc1ccc(N(c2ccccc2)c2ccc(/C=C/c3ccc(N(c4ccc(C)cc4)c4ccc(/C=C/c5ccc(N(c6ccccc6)c6ccc(C(F)(F)F)cc6)cc5)cc4)cc3)cc2)cc1. The van der Waals surface area contributed by atoms with E-state index >= 15 is 0 Å². The molecule has 3 nitrogen and oxygen atoms in total. The van der Waals surface area contributed by atoms with Crippen molar-refractivity contribution in [3.05, 3.63) is 269 Å². The number of aryl methyl sites for hydroxylation is 2. The molecule has 328 valence electrons. The summed E-state index contributed by atoms with van der Waals surface area (Å²) in [6, 6.07) is 76.3. The van der Waals surface area contributed by atoms with Crippen LogP contribution in [0.3, 0.4) is 0 Å². The summed E-state index contributed by atoms with van der Waals surface area (Å²) < 4.78 is 40.1. The van der Waals surface area contributed by atoms with Crippen molar-refractivity contribution in [2.45, 2.75) is 20.0 Å². The Balaban J connectivity index is 0.903. The van der Waals surface area contributed by atoms with Crippen LogP contribution in [0.25, 0.3) is 24.3 Å². The summed E-state index contributed by atoms with van der Waals surface area (Å²) >= 11 is 0. The highest BCUT2D eigenvalue weighted by Crippen LogP contribution is 2.39. The van der Waals surface area contributed by atoms with Crippen LogP contribution in [0.2, 0.25) is 0 Å². The first-order valence-corrected chi connectivity index (χ1v) is 22.2. The molecule has 0 saturated heterocycles. The van der Waals surface area contributed by atoms with Crippen molar-refractivity contribution in [3.63, 3.8) is 0 Å². The summed E-state index contributed by atoms with van der Waals surface area (Å²) in [6.45, 7) is 4.20. The lowest BCUT2D eigenvalue weighted by atomic mass is 10.1. The Morgan fingerprint density at radius 3 is 0.716 bits per heavy atom. The zero-order valence-corrected chi connectivity index (χ0v) is 37.2.